The van der Waals surface area contributed by atoms with Crippen LogP contribution < -0.4 is 5.32 Å². The van der Waals surface area contributed by atoms with Gasteiger partial charge in [-0.15, -0.1) is 10.2 Å². The third-order valence-electron chi connectivity index (χ3n) is 4.08. The number of fused-ring (bicyclic) bond motifs is 1. The number of benzene rings is 3. The first kappa shape index (κ1) is 15.8. The van der Waals surface area contributed by atoms with Crippen LogP contribution in [0.15, 0.2) is 89.1 Å². The highest BCUT2D eigenvalue weighted by Gasteiger charge is 2.25. The van der Waals surface area contributed by atoms with Crippen molar-refractivity contribution in [1.29, 1.82) is 0 Å². The Hall–Kier alpha value is -3.73. The standard InChI is InChI=1S/C21H15N3O2/c25-16-12-10-15(11-13-16)19(14-6-2-1-3-7-14)23-24-20-17-8-4-5-9-18(17)22-21(20)26/h1-13,25H,(H,22,24,26)/b23-19-. The zero-order chi connectivity index (χ0) is 17.9. The highest BCUT2D eigenvalue weighted by atomic mass is 16.3. The second kappa shape index (κ2) is 6.64. The number of aromatic hydroxyl groups is 1. The van der Waals surface area contributed by atoms with Crippen LogP contribution in [0.4, 0.5) is 5.69 Å². The molecule has 0 spiro atoms. The summed E-state index contributed by atoms with van der Waals surface area (Å²) < 4.78 is 0. The zero-order valence-corrected chi connectivity index (χ0v) is 13.8. The van der Waals surface area contributed by atoms with Crippen molar-refractivity contribution >= 4 is 23.0 Å². The quantitative estimate of drug-likeness (QED) is 0.564. The van der Waals surface area contributed by atoms with E-state index in [-0.39, 0.29) is 17.4 Å². The molecule has 5 nitrogen and oxygen atoms in total. The Labute approximate surface area is 150 Å². The fraction of sp³-hybridized carbons (Fsp3) is 0. The van der Waals surface area contributed by atoms with Gasteiger partial charge in [0.2, 0.25) is 0 Å². The minimum absolute atomic E-state index is 0.177. The van der Waals surface area contributed by atoms with Gasteiger partial charge in [-0.3, -0.25) is 4.79 Å². The Bertz CT molecular complexity index is 1020. The number of hydrogen-bond acceptors (Lipinski definition) is 4. The average molecular weight is 341 g/mol. The van der Waals surface area contributed by atoms with Gasteiger partial charge in [-0.25, -0.2) is 0 Å². The van der Waals surface area contributed by atoms with Crippen LogP contribution in [0.1, 0.15) is 16.7 Å². The average Bonchev–Trinajstić information content (AvgIpc) is 2.99. The van der Waals surface area contributed by atoms with E-state index in [4.69, 9.17) is 0 Å². The van der Waals surface area contributed by atoms with E-state index in [0.29, 0.717) is 5.71 Å². The van der Waals surface area contributed by atoms with Crippen molar-refractivity contribution in [2.75, 3.05) is 5.32 Å². The molecular weight excluding hydrogens is 326 g/mol. The Morgan fingerprint density at radius 2 is 1.46 bits per heavy atom. The van der Waals surface area contributed by atoms with E-state index in [0.717, 1.165) is 22.4 Å². The molecule has 0 radical (unpaired) electrons. The molecule has 1 aliphatic rings. The molecule has 0 aliphatic carbocycles. The largest absolute Gasteiger partial charge is 0.508 e. The second-order valence-corrected chi connectivity index (χ2v) is 5.81. The molecule has 0 atom stereocenters. The second-order valence-electron chi connectivity index (χ2n) is 5.81. The third-order valence-corrected chi connectivity index (χ3v) is 4.08. The maximum absolute atomic E-state index is 12.2. The Balaban J connectivity index is 1.82. The number of amides is 1. The van der Waals surface area contributed by atoms with Crippen LogP contribution in [0.2, 0.25) is 0 Å². The van der Waals surface area contributed by atoms with E-state index in [2.05, 4.69) is 15.5 Å². The van der Waals surface area contributed by atoms with Crippen molar-refractivity contribution < 1.29 is 9.90 Å². The van der Waals surface area contributed by atoms with Gasteiger partial charge in [0.05, 0.1) is 5.69 Å². The molecule has 0 fully saturated rings. The van der Waals surface area contributed by atoms with Crippen LogP contribution in [-0.4, -0.2) is 22.4 Å². The van der Waals surface area contributed by atoms with Gasteiger partial charge in [0.25, 0.3) is 5.91 Å². The smallest absolute Gasteiger partial charge is 0.276 e. The molecule has 126 valence electrons. The van der Waals surface area contributed by atoms with Crippen LogP contribution in [0.25, 0.3) is 0 Å². The lowest BCUT2D eigenvalue weighted by Gasteiger charge is -2.06. The summed E-state index contributed by atoms with van der Waals surface area (Å²) in [6, 6.07) is 23.7. The van der Waals surface area contributed by atoms with Gasteiger partial charge in [0.15, 0.2) is 5.71 Å². The lowest BCUT2D eigenvalue weighted by Crippen LogP contribution is -2.14. The predicted octanol–water partition coefficient (Wildman–Crippen LogP) is 3.59. The number of nitrogens with one attached hydrogen (secondary N) is 1. The molecular formula is C21H15N3O2. The molecule has 1 amide bonds. The fourth-order valence-electron chi connectivity index (χ4n) is 2.80. The van der Waals surface area contributed by atoms with Gasteiger partial charge in [-0.1, -0.05) is 48.5 Å². The monoisotopic (exact) mass is 341 g/mol. The Morgan fingerprint density at radius 3 is 2.23 bits per heavy atom. The predicted molar refractivity (Wildman–Crippen MR) is 102 cm³/mol. The molecule has 4 rings (SSSR count). The molecule has 0 unspecified atom stereocenters. The maximum Gasteiger partial charge on any atom is 0.276 e. The van der Waals surface area contributed by atoms with Gasteiger partial charge in [-0.2, -0.15) is 0 Å². The van der Waals surface area contributed by atoms with Crippen molar-refractivity contribution in [2.24, 2.45) is 10.2 Å². The van der Waals surface area contributed by atoms with Crippen molar-refractivity contribution in [3.63, 3.8) is 0 Å². The van der Waals surface area contributed by atoms with Crippen molar-refractivity contribution in [3.05, 3.63) is 95.6 Å². The number of nitrogens with zero attached hydrogens (tertiary/aromatic N) is 2. The first-order valence-corrected chi connectivity index (χ1v) is 8.13. The number of carbonyl (C=O) groups excluding carboxylic acids is 1. The van der Waals surface area contributed by atoms with Gasteiger partial charge in [0.1, 0.15) is 11.5 Å². The van der Waals surface area contributed by atoms with Crippen LogP contribution in [0.3, 0.4) is 0 Å². The van der Waals surface area contributed by atoms with Crippen LogP contribution in [0.5, 0.6) is 5.75 Å². The van der Waals surface area contributed by atoms with Gasteiger partial charge < -0.3 is 10.4 Å². The minimum atomic E-state index is -0.270. The summed E-state index contributed by atoms with van der Waals surface area (Å²) in [6.45, 7) is 0. The van der Waals surface area contributed by atoms with Crippen LogP contribution in [-0.2, 0) is 4.79 Å². The fourth-order valence-corrected chi connectivity index (χ4v) is 2.80. The molecule has 0 aromatic heterocycles. The van der Waals surface area contributed by atoms with E-state index in [1.807, 2.05) is 54.6 Å². The number of para-hydroxylation sites is 1. The third kappa shape index (κ3) is 2.98. The summed E-state index contributed by atoms with van der Waals surface area (Å²) in [6.07, 6.45) is 0. The minimum Gasteiger partial charge on any atom is -0.508 e. The van der Waals surface area contributed by atoms with Crippen molar-refractivity contribution in [3.8, 4) is 5.75 Å². The zero-order valence-electron chi connectivity index (χ0n) is 13.8. The number of phenols is 1. The molecule has 5 heteroatoms. The number of anilines is 1. The molecule has 1 aliphatic heterocycles. The van der Waals surface area contributed by atoms with E-state index >= 15 is 0 Å². The SMILES string of the molecule is O=C1Nc2ccccc2/C1=N\N=C(\c1ccccc1)c1ccc(O)cc1. The first-order chi connectivity index (χ1) is 12.7. The number of rotatable bonds is 3. The van der Waals surface area contributed by atoms with Gasteiger partial charge in [-0.05, 0) is 30.3 Å². The highest BCUT2D eigenvalue weighted by molar-refractivity contribution is 6.53. The van der Waals surface area contributed by atoms with Crippen LogP contribution >= 0.6 is 0 Å². The van der Waals surface area contributed by atoms with Crippen molar-refractivity contribution in [2.45, 2.75) is 0 Å². The summed E-state index contributed by atoms with van der Waals surface area (Å²) in [7, 11) is 0. The lowest BCUT2D eigenvalue weighted by atomic mass is 10.0. The molecule has 1 heterocycles. The molecule has 3 aromatic carbocycles. The highest BCUT2D eigenvalue weighted by Crippen LogP contribution is 2.23. The van der Waals surface area contributed by atoms with Crippen LogP contribution in [0, 0.1) is 0 Å². The number of carbonyl (C=O) groups is 1. The summed E-state index contributed by atoms with van der Waals surface area (Å²) in [5.41, 5.74) is 4.04. The van der Waals surface area contributed by atoms with E-state index < -0.39 is 0 Å². The van der Waals surface area contributed by atoms with Gasteiger partial charge in [0, 0.05) is 16.7 Å². The summed E-state index contributed by atoms with van der Waals surface area (Å²) >= 11 is 0. The molecule has 0 saturated carbocycles. The van der Waals surface area contributed by atoms with E-state index in [1.54, 1.807) is 24.3 Å². The lowest BCUT2D eigenvalue weighted by molar-refractivity contribution is -0.110. The number of phenolic OH excluding ortho intramolecular Hbond substituents is 1. The molecule has 0 saturated heterocycles. The topological polar surface area (TPSA) is 74.0 Å². The maximum atomic E-state index is 12.2. The summed E-state index contributed by atoms with van der Waals surface area (Å²) in [5.74, 6) is -0.0929. The van der Waals surface area contributed by atoms with Gasteiger partial charge >= 0.3 is 0 Å². The first-order valence-electron chi connectivity index (χ1n) is 8.13. The normalized spacial score (nSPS) is 15.0. The molecule has 3 aromatic rings. The molecule has 26 heavy (non-hydrogen) atoms. The Morgan fingerprint density at radius 1 is 0.808 bits per heavy atom. The van der Waals surface area contributed by atoms with E-state index in [9.17, 15) is 9.90 Å². The molecule has 2 N–H and O–H groups in total. The number of hydrogen-bond donors (Lipinski definition) is 2. The summed E-state index contributed by atoms with van der Waals surface area (Å²) in [5, 5.41) is 21.0. The van der Waals surface area contributed by atoms with E-state index in [1.165, 1.54) is 0 Å². The summed E-state index contributed by atoms with van der Waals surface area (Å²) in [4.78, 5) is 12.2. The molecule has 0 bridgehead atoms. The van der Waals surface area contributed by atoms with Crippen molar-refractivity contribution in [1.82, 2.24) is 0 Å². The Kier molecular flexibility index (Phi) is 4.03.